The molecular formula is C21H21ClN4O2. The van der Waals surface area contributed by atoms with Crippen molar-refractivity contribution in [1.82, 2.24) is 14.9 Å². The van der Waals surface area contributed by atoms with Crippen LogP contribution in [0.2, 0.25) is 5.02 Å². The summed E-state index contributed by atoms with van der Waals surface area (Å²) in [7, 11) is 1.55. The molecule has 0 aliphatic heterocycles. The number of pyridine rings is 2. The zero-order valence-electron chi connectivity index (χ0n) is 15.5. The molecule has 2 amide bonds. The lowest BCUT2D eigenvalue weighted by molar-refractivity contribution is 0.209. The number of hydrogen-bond donors (Lipinski definition) is 1. The summed E-state index contributed by atoms with van der Waals surface area (Å²) in [5.74, 6) is 0.545. The Balaban J connectivity index is 1.76. The van der Waals surface area contributed by atoms with E-state index in [1.54, 1.807) is 48.8 Å². The highest BCUT2D eigenvalue weighted by Crippen LogP contribution is 2.28. The molecule has 0 aliphatic rings. The third-order valence-electron chi connectivity index (χ3n) is 4.15. The SMILES string of the molecule is COc1ccc(Cl)cc1NC(=O)N(CCc1ccccn1)Cc1cccnc1. The van der Waals surface area contributed by atoms with Crippen LogP contribution in [0.4, 0.5) is 10.5 Å². The first kappa shape index (κ1) is 19.6. The summed E-state index contributed by atoms with van der Waals surface area (Å²) in [6.07, 6.45) is 5.85. The van der Waals surface area contributed by atoms with Crippen molar-refractivity contribution in [2.24, 2.45) is 0 Å². The van der Waals surface area contributed by atoms with Gasteiger partial charge in [-0.15, -0.1) is 0 Å². The molecule has 1 aromatic carbocycles. The average molecular weight is 397 g/mol. The average Bonchev–Trinajstić information content (AvgIpc) is 2.72. The lowest BCUT2D eigenvalue weighted by Crippen LogP contribution is -2.36. The Bertz CT molecular complexity index is 907. The lowest BCUT2D eigenvalue weighted by Gasteiger charge is -2.23. The summed E-state index contributed by atoms with van der Waals surface area (Å²) >= 11 is 6.07. The Hall–Kier alpha value is -3.12. The Morgan fingerprint density at radius 3 is 2.79 bits per heavy atom. The fourth-order valence-corrected chi connectivity index (χ4v) is 2.90. The van der Waals surface area contributed by atoms with Gasteiger partial charge in [-0.2, -0.15) is 0 Å². The predicted molar refractivity (Wildman–Crippen MR) is 110 cm³/mol. The van der Waals surface area contributed by atoms with E-state index in [0.717, 1.165) is 11.3 Å². The van der Waals surface area contributed by atoms with Gasteiger partial charge in [0.2, 0.25) is 0 Å². The van der Waals surface area contributed by atoms with Gasteiger partial charge in [0, 0.05) is 48.8 Å². The molecule has 2 aromatic heterocycles. The number of methoxy groups -OCH3 is 1. The Morgan fingerprint density at radius 2 is 2.07 bits per heavy atom. The molecular weight excluding hydrogens is 376 g/mol. The standard InChI is InChI=1S/C21H21ClN4O2/c1-28-20-8-7-17(22)13-19(20)25-21(27)26(15-16-5-4-10-23-14-16)12-9-18-6-2-3-11-24-18/h2-8,10-11,13-14H,9,12,15H2,1H3,(H,25,27). The number of benzene rings is 1. The first-order chi connectivity index (χ1) is 13.7. The van der Waals surface area contributed by atoms with Gasteiger partial charge in [0.15, 0.2) is 0 Å². The number of carbonyl (C=O) groups excluding carboxylic acids is 1. The zero-order chi connectivity index (χ0) is 19.8. The highest BCUT2D eigenvalue weighted by atomic mass is 35.5. The van der Waals surface area contributed by atoms with Crippen molar-refractivity contribution in [3.63, 3.8) is 0 Å². The summed E-state index contributed by atoms with van der Waals surface area (Å²) < 4.78 is 5.32. The second-order valence-electron chi connectivity index (χ2n) is 6.13. The maximum atomic E-state index is 13.0. The zero-order valence-corrected chi connectivity index (χ0v) is 16.3. The number of amides is 2. The van der Waals surface area contributed by atoms with Crippen molar-refractivity contribution < 1.29 is 9.53 Å². The number of hydrogen-bond acceptors (Lipinski definition) is 4. The van der Waals surface area contributed by atoms with Crippen LogP contribution in [0.5, 0.6) is 5.75 Å². The molecule has 0 bridgehead atoms. The van der Waals surface area contributed by atoms with Crippen molar-refractivity contribution in [3.05, 3.63) is 83.4 Å². The third-order valence-corrected chi connectivity index (χ3v) is 4.39. The summed E-state index contributed by atoms with van der Waals surface area (Å²) in [5.41, 5.74) is 2.39. The van der Waals surface area contributed by atoms with Gasteiger partial charge in [0.25, 0.3) is 0 Å². The molecule has 2 heterocycles. The highest BCUT2D eigenvalue weighted by Gasteiger charge is 2.17. The molecule has 1 N–H and O–H groups in total. The number of nitrogens with one attached hydrogen (secondary N) is 1. The van der Waals surface area contributed by atoms with Crippen LogP contribution in [-0.4, -0.2) is 34.6 Å². The number of aromatic nitrogens is 2. The molecule has 0 spiro atoms. The summed E-state index contributed by atoms with van der Waals surface area (Å²) in [6, 6.07) is 14.4. The van der Waals surface area contributed by atoms with Crippen molar-refractivity contribution in [2.75, 3.05) is 19.0 Å². The van der Waals surface area contributed by atoms with Gasteiger partial charge in [0.1, 0.15) is 5.75 Å². The van der Waals surface area contributed by atoms with Crippen LogP contribution in [0.3, 0.4) is 0 Å². The van der Waals surface area contributed by atoms with Gasteiger partial charge >= 0.3 is 6.03 Å². The van der Waals surface area contributed by atoms with Crippen LogP contribution in [0.1, 0.15) is 11.3 Å². The predicted octanol–water partition coefficient (Wildman–Crippen LogP) is 4.42. The van der Waals surface area contributed by atoms with Crippen LogP contribution >= 0.6 is 11.6 Å². The first-order valence-corrected chi connectivity index (χ1v) is 9.22. The molecule has 3 aromatic rings. The molecule has 7 heteroatoms. The van der Waals surface area contributed by atoms with Crippen LogP contribution in [0.25, 0.3) is 0 Å². The molecule has 0 saturated carbocycles. The molecule has 0 saturated heterocycles. The first-order valence-electron chi connectivity index (χ1n) is 8.84. The molecule has 6 nitrogen and oxygen atoms in total. The van der Waals surface area contributed by atoms with Gasteiger partial charge in [-0.3, -0.25) is 9.97 Å². The van der Waals surface area contributed by atoms with Gasteiger partial charge in [0.05, 0.1) is 12.8 Å². The monoisotopic (exact) mass is 396 g/mol. The molecule has 0 atom stereocenters. The van der Waals surface area contributed by atoms with E-state index < -0.39 is 0 Å². The van der Waals surface area contributed by atoms with Crippen molar-refractivity contribution >= 4 is 23.3 Å². The van der Waals surface area contributed by atoms with Crippen LogP contribution in [0, 0.1) is 0 Å². The molecule has 28 heavy (non-hydrogen) atoms. The van der Waals surface area contributed by atoms with E-state index >= 15 is 0 Å². The summed E-state index contributed by atoms with van der Waals surface area (Å²) in [5, 5.41) is 3.41. The maximum absolute atomic E-state index is 13.0. The fraction of sp³-hybridized carbons (Fsp3) is 0.190. The Labute approximate surface area is 169 Å². The number of ether oxygens (including phenoxy) is 1. The molecule has 0 aliphatic carbocycles. The molecule has 3 rings (SSSR count). The minimum Gasteiger partial charge on any atom is -0.495 e. The van der Waals surface area contributed by atoms with E-state index in [2.05, 4.69) is 15.3 Å². The van der Waals surface area contributed by atoms with Gasteiger partial charge in [-0.1, -0.05) is 23.7 Å². The number of anilines is 1. The van der Waals surface area contributed by atoms with Crippen LogP contribution in [-0.2, 0) is 13.0 Å². The number of rotatable bonds is 7. The summed E-state index contributed by atoms with van der Waals surface area (Å²) in [4.78, 5) is 23.2. The smallest absolute Gasteiger partial charge is 0.322 e. The molecule has 144 valence electrons. The van der Waals surface area contributed by atoms with Crippen molar-refractivity contribution in [1.29, 1.82) is 0 Å². The second kappa shape index (κ2) is 9.71. The highest BCUT2D eigenvalue weighted by molar-refractivity contribution is 6.31. The Morgan fingerprint density at radius 1 is 1.18 bits per heavy atom. The van der Waals surface area contributed by atoms with Gasteiger partial charge in [-0.25, -0.2) is 4.79 Å². The largest absolute Gasteiger partial charge is 0.495 e. The van der Waals surface area contributed by atoms with E-state index in [4.69, 9.17) is 16.3 Å². The third kappa shape index (κ3) is 5.44. The normalized spacial score (nSPS) is 10.4. The summed E-state index contributed by atoms with van der Waals surface area (Å²) in [6.45, 7) is 0.927. The van der Waals surface area contributed by atoms with Crippen LogP contribution in [0.15, 0.2) is 67.1 Å². The van der Waals surface area contributed by atoms with E-state index in [-0.39, 0.29) is 6.03 Å². The van der Waals surface area contributed by atoms with Crippen molar-refractivity contribution in [2.45, 2.75) is 13.0 Å². The minimum absolute atomic E-state index is 0.250. The van der Waals surface area contributed by atoms with Gasteiger partial charge in [-0.05, 0) is 42.0 Å². The Kier molecular flexibility index (Phi) is 6.81. The van der Waals surface area contributed by atoms with E-state index in [9.17, 15) is 4.79 Å². The lowest BCUT2D eigenvalue weighted by atomic mass is 10.2. The molecule has 0 fully saturated rings. The van der Waals surface area contributed by atoms with E-state index in [1.807, 2.05) is 30.3 Å². The fourth-order valence-electron chi connectivity index (χ4n) is 2.73. The maximum Gasteiger partial charge on any atom is 0.322 e. The van der Waals surface area contributed by atoms with E-state index in [1.165, 1.54) is 0 Å². The minimum atomic E-state index is -0.250. The number of halogens is 1. The molecule has 0 unspecified atom stereocenters. The topological polar surface area (TPSA) is 67.3 Å². The van der Waals surface area contributed by atoms with E-state index in [0.29, 0.717) is 36.0 Å². The quantitative estimate of drug-likeness (QED) is 0.642. The van der Waals surface area contributed by atoms with Crippen LogP contribution < -0.4 is 10.1 Å². The number of urea groups is 1. The number of nitrogens with zero attached hydrogens (tertiary/aromatic N) is 3. The molecule has 0 radical (unpaired) electrons. The van der Waals surface area contributed by atoms with Crippen molar-refractivity contribution in [3.8, 4) is 5.75 Å². The number of carbonyl (C=O) groups is 1. The van der Waals surface area contributed by atoms with Gasteiger partial charge < -0.3 is 15.0 Å². The second-order valence-corrected chi connectivity index (χ2v) is 6.57.